The average molecular weight is 433 g/mol. The SMILES string of the molecule is CCN(C)/C=N\c1cc(C)c(-c2cc(-c3ccccc3Br)no2)cc1Cl. The summed E-state index contributed by atoms with van der Waals surface area (Å²) in [6.45, 7) is 4.96. The van der Waals surface area contributed by atoms with E-state index in [0.717, 1.165) is 39.1 Å². The second kappa shape index (κ2) is 8.06. The third kappa shape index (κ3) is 4.00. The molecule has 134 valence electrons. The van der Waals surface area contributed by atoms with Gasteiger partial charge in [0.15, 0.2) is 5.76 Å². The summed E-state index contributed by atoms with van der Waals surface area (Å²) in [5.74, 6) is 0.677. The highest BCUT2D eigenvalue weighted by atomic mass is 79.9. The molecule has 1 aromatic heterocycles. The standard InChI is InChI=1S/C20H19BrClN3O/c1-4-25(3)12-23-19-9-13(2)15(10-17(19)22)20-11-18(24-26-20)14-7-5-6-8-16(14)21/h5-12H,4H2,1-3H3/b23-12-. The molecule has 4 nitrogen and oxygen atoms in total. The van der Waals surface area contributed by atoms with Crippen LogP contribution in [0.1, 0.15) is 12.5 Å². The molecule has 0 amide bonds. The Kier molecular flexibility index (Phi) is 5.79. The van der Waals surface area contributed by atoms with E-state index in [1.807, 2.05) is 61.3 Å². The molecule has 3 rings (SSSR count). The van der Waals surface area contributed by atoms with Crippen molar-refractivity contribution in [2.24, 2.45) is 4.99 Å². The molecule has 0 aliphatic heterocycles. The summed E-state index contributed by atoms with van der Waals surface area (Å²) in [7, 11) is 1.97. The van der Waals surface area contributed by atoms with Crippen LogP contribution in [0.2, 0.25) is 5.02 Å². The Morgan fingerprint density at radius 1 is 1.23 bits per heavy atom. The van der Waals surface area contributed by atoms with Crippen molar-refractivity contribution < 1.29 is 4.52 Å². The Morgan fingerprint density at radius 2 is 2.00 bits per heavy atom. The maximum Gasteiger partial charge on any atom is 0.167 e. The Labute approximate surface area is 166 Å². The molecule has 0 fully saturated rings. The summed E-state index contributed by atoms with van der Waals surface area (Å²) in [6, 6.07) is 13.7. The normalized spacial score (nSPS) is 11.3. The molecule has 0 radical (unpaired) electrons. The van der Waals surface area contributed by atoms with Gasteiger partial charge in [0.2, 0.25) is 0 Å². The molecule has 0 saturated heterocycles. The molecule has 6 heteroatoms. The first-order valence-corrected chi connectivity index (χ1v) is 9.43. The molecule has 1 heterocycles. The summed E-state index contributed by atoms with van der Waals surface area (Å²) >= 11 is 9.97. The van der Waals surface area contributed by atoms with Gasteiger partial charge in [0.1, 0.15) is 5.69 Å². The van der Waals surface area contributed by atoms with Crippen LogP contribution in [0, 0.1) is 6.92 Å². The van der Waals surface area contributed by atoms with Crippen molar-refractivity contribution in [1.82, 2.24) is 10.1 Å². The van der Waals surface area contributed by atoms with E-state index in [9.17, 15) is 0 Å². The van der Waals surface area contributed by atoms with Gasteiger partial charge < -0.3 is 9.42 Å². The molecule has 3 aromatic rings. The van der Waals surface area contributed by atoms with Crippen molar-refractivity contribution in [3.05, 3.63) is 57.5 Å². The Balaban J connectivity index is 1.95. The molecular weight excluding hydrogens is 414 g/mol. The monoisotopic (exact) mass is 431 g/mol. The largest absolute Gasteiger partial charge is 0.366 e. The second-order valence-corrected chi connectivity index (χ2v) is 7.25. The lowest BCUT2D eigenvalue weighted by Crippen LogP contribution is -2.14. The van der Waals surface area contributed by atoms with Crippen LogP contribution in [0.4, 0.5) is 5.69 Å². The van der Waals surface area contributed by atoms with Crippen molar-refractivity contribution in [1.29, 1.82) is 0 Å². The van der Waals surface area contributed by atoms with Crippen LogP contribution in [0.3, 0.4) is 0 Å². The van der Waals surface area contributed by atoms with Crippen molar-refractivity contribution in [2.45, 2.75) is 13.8 Å². The van der Waals surface area contributed by atoms with E-state index in [1.54, 1.807) is 6.34 Å². The van der Waals surface area contributed by atoms with Gasteiger partial charge in [0, 0.05) is 35.3 Å². The minimum Gasteiger partial charge on any atom is -0.366 e. The Bertz CT molecular complexity index is 952. The van der Waals surface area contributed by atoms with Gasteiger partial charge in [-0.3, -0.25) is 0 Å². The summed E-state index contributed by atoms with van der Waals surface area (Å²) < 4.78 is 6.55. The minimum atomic E-state index is 0.574. The van der Waals surface area contributed by atoms with Crippen molar-refractivity contribution in [2.75, 3.05) is 13.6 Å². The van der Waals surface area contributed by atoms with Crippen LogP contribution in [-0.4, -0.2) is 30.0 Å². The topological polar surface area (TPSA) is 41.6 Å². The van der Waals surface area contributed by atoms with Crippen molar-refractivity contribution in [3.63, 3.8) is 0 Å². The zero-order valence-electron chi connectivity index (χ0n) is 14.8. The maximum absolute atomic E-state index is 6.43. The van der Waals surface area contributed by atoms with E-state index < -0.39 is 0 Å². The number of hydrogen-bond acceptors (Lipinski definition) is 3. The summed E-state index contributed by atoms with van der Waals surface area (Å²) in [5.41, 5.74) is 4.42. The first kappa shape index (κ1) is 18.7. The minimum absolute atomic E-state index is 0.574. The van der Waals surface area contributed by atoms with Crippen LogP contribution in [0.15, 0.2) is 56.5 Å². The molecule has 0 saturated carbocycles. The second-order valence-electron chi connectivity index (χ2n) is 5.99. The number of rotatable bonds is 5. The van der Waals surface area contributed by atoms with E-state index in [2.05, 4.69) is 33.0 Å². The van der Waals surface area contributed by atoms with Gasteiger partial charge in [-0.2, -0.15) is 0 Å². The van der Waals surface area contributed by atoms with Crippen LogP contribution in [-0.2, 0) is 0 Å². The number of benzene rings is 2. The van der Waals surface area contributed by atoms with Crippen LogP contribution < -0.4 is 0 Å². The van der Waals surface area contributed by atoms with Crippen LogP contribution >= 0.6 is 27.5 Å². The van der Waals surface area contributed by atoms with E-state index in [1.165, 1.54) is 0 Å². The van der Waals surface area contributed by atoms with E-state index in [-0.39, 0.29) is 0 Å². The molecule has 0 aliphatic rings. The molecule has 26 heavy (non-hydrogen) atoms. The van der Waals surface area contributed by atoms with Gasteiger partial charge in [-0.1, -0.05) is 50.9 Å². The number of aryl methyl sites for hydroxylation is 1. The summed E-state index contributed by atoms with van der Waals surface area (Å²) in [4.78, 5) is 6.44. The Morgan fingerprint density at radius 3 is 2.73 bits per heavy atom. The lowest BCUT2D eigenvalue weighted by Gasteiger charge is -2.10. The molecule has 0 unspecified atom stereocenters. The quantitative estimate of drug-likeness (QED) is 0.349. The van der Waals surface area contributed by atoms with E-state index in [0.29, 0.717) is 10.8 Å². The maximum atomic E-state index is 6.43. The lowest BCUT2D eigenvalue weighted by molar-refractivity contribution is 0.434. The van der Waals surface area contributed by atoms with Crippen LogP contribution in [0.5, 0.6) is 0 Å². The lowest BCUT2D eigenvalue weighted by atomic mass is 10.0. The molecule has 0 spiro atoms. The highest BCUT2D eigenvalue weighted by Gasteiger charge is 2.14. The number of aliphatic imine (C=N–C) groups is 1. The third-order valence-electron chi connectivity index (χ3n) is 4.11. The summed E-state index contributed by atoms with van der Waals surface area (Å²) in [5, 5.41) is 4.78. The first-order valence-electron chi connectivity index (χ1n) is 8.26. The van der Waals surface area contributed by atoms with Gasteiger partial charge in [-0.05, 0) is 37.6 Å². The van der Waals surface area contributed by atoms with Crippen molar-refractivity contribution >= 4 is 39.6 Å². The molecule has 0 N–H and O–H groups in total. The van der Waals surface area contributed by atoms with Gasteiger partial charge in [0.05, 0.1) is 17.0 Å². The van der Waals surface area contributed by atoms with E-state index in [4.69, 9.17) is 16.1 Å². The first-order chi connectivity index (χ1) is 12.5. The fraction of sp³-hybridized carbons (Fsp3) is 0.200. The third-order valence-corrected chi connectivity index (χ3v) is 5.11. The van der Waals surface area contributed by atoms with Gasteiger partial charge >= 0.3 is 0 Å². The van der Waals surface area contributed by atoms with Crippen LogP contribution in [0.25, 0.3) is 22.6 Å². The highest BCUT2D eigenvalue weighted by Crippen LogP contribution is 2.36. The number of aromatic nitrogens is 1. The molecule has 0 aliphatic carbocycles. The molecular formula is C20H19BrClN3O. The van der Waals surface area contributed by atoms with Gasteiger partial charge in [-0.15, -0.1) is 0 Å². The highest BCUT2D eigenvalue weighted by molar-refractivity contribution is 9.10. The predicted octanol–water partition coefficient (Wildman–Crippen LogP) is 6.34. The molecule has 2 aromatic carbocycles. The van der Waals surface area contributed by atoms with Gasteiger partial charge in [-0.25, -0.2) is 4.99 Å². The Hall–Kier alpha value is -2.11. The zero-order chi connectivity index (χ0) is 18.7. The smallest absolute Gasteiger partial charge is 0.167 e. The van der Waals surface area contributed by atoms with Crippen molar-refractivity contribution in [3.8, 4) is 22.6 Å². The number of nitrogens with zero attached hydrogens (tertiary/aromatic N) is 3. The van der Waals surface area contributed by atoms with Gasteiger partial charge in [0.25, 0.3) is 0 Å². The number of halogens is 2. The molecule has 0 atom stereocenters. The number of hydrogen-bond donors (Lipinski definition) is 0. The van der Waals surface area contributed by atoms with E-state index >= 15 is 0 Å². The predicted molar refractivity (Wildman–Crippen MR) is 111 cm³/mol. The average Bonchev–Trinajstić information content (AvgIpc) is 3.11. The molecule has 0 bridgehead atoms. The fourth-order valence-corrected chi connectivity index (χ4v) is 3.17. The summed E-state index contributed by atoms with van der Waals surface area (Å²) in [6.07, 6.45) is 1.78. The zero-order valence-corrected chi connectivity index (χ0v) is 17.2. The fourth-order valence-electron chi connectivity index (χ4n) is 2.47.